The molecular formula is C21H22O2. The van der Waals surface area contributed by atoms with E-state index in [0.717, 1.165) is 12.8 Å². The molecule has 2 bridgehead atoms. The zero-order valence-electron chi connectivity index (χ0n) is 13.4. The van der Waals surface area contributed by atoms with Gasteiger partial charge in [0.25, 0.3) is 0 Å². The lowest BCUT2D eigenvalue weighted by Crippen LogP contribution is -2.38. The van der Waals surface area contributed by atoms with Gasteiger partial charge in [0.2, 0.25) is 0 Å². The molecule has 0 N–H and O–H groups in total. The third kappa shape index (κ3) is 2.62. The molecule has 2 aromatic rings. The topological polar surface area (TPSA) is 18.5 Å². The molecule has 2 unspecified atom stereocenters. The summed E-state index contributed by atoms with van der Waals surface area (Å²) in [6, 6.07) is 20.9. The van der Waals surface area contributed by atoms with Gasteiger partial charge in [-0.1, -0.05) is 72.8 Å². The average molecular weight is 306 g/mol. The Morgan fingerprint density at radius 1 is 1.04 bits per heavy atom. The zero-order valence-corrected chi connectivity index (χ0v) is 13.4. The maximum atomic E-state index is 6.55. The number of hydrogen-bond donors (Lipinski definition) is 0. The Bertz CT molecular complexity index is 694. The Balaban J connectivity index is 1.57. The van der Waals surface area contributed by atoms with E-state index in [2.05, 4.69) is 73.7 Å². The van der Waals surface area contributed by atoms with Crippen LogP contribution in [0.4, 0.5) is 0 Å². The molecule has 2 aromatic carbocycles. The molecule has 0 saturated carbocycles. The van der Waals surface area contributed by atoms with Crippen LogP contribution < -0.4 is 0 Å². The molecule has 1 fully saturated rings. The fourth-order valence-corrected chi connectivity index (χ4v) is 3.81. The quantitative estimate of drug-likeness (QED) is 0.768. The molecular weight excluding hydrogens is 284 g/mol. The van der Waals surface area contributed by atoms with Crippen molar-refractivity contribution in [2.24, 2.45) is 0 Å². The van der Waals surface area contributed by atoms with E-state index in [1.54, 1.807) is 0 Å². The largest absolute Gasteiger partial charge is 0.370 e. The molecule has 0 aromatic heterocycles. The highest BCUT2D eigenvalue weighted by atomic mass is 16.6. The van der Waals surface area contributed by atoms with Crippen LogP contribution in [0.3, 0.4) is 0 Å². The molecule has 2 heterocycles. The summed E-state index contributed by atoms with van der Waals surface area (Å²) >= 11 is 0. The first-order valence-corrected chi connectivity index (χ1v) is 8.29. The first-order chi connectivity index (χ1) is 11.2. The van der Waals surface area contributed by atoms with Gasteiger partial charge in [-0.25, -0.2) is 0 Å². The third-order valence-electron chi connectivity index (χ3n) is 5.06. The highest BCUT2D eigenvalue weighted by molar-refractivity contribution is 5.31. The van der Waals surface area contributed by atoms with E-state index in [0.29, 0.717) is 6.61 Å². The standard InChI is InChI=1S/C21H22O2/c1-20-13-8-14-21(23-20,18-11-6-3-7-12-18)15-19(20)22-16-17-9-4-2-5-10-17/h2-13,19H,14-16H2,1H3/t19-,20?,21?/m1/s1. The SMILES string of the molecule is CC12C=CCC(c3ccccc3)(C[C@H]1OCc1ccccc1)O2. The summed E-state index contributed by atoms with van der Waals surface area (Å²) in [5.41, 5.74) is 1.87. The molecule has 0 amide bonds. The molecule has 118 valence electrons. The van der Waals surface area contributed by atoms with E-state index >= 15 is 0 Å². The Morgan fingerprint density at radius 3 is 2.48 bits per heavy atom. The molecule has 2 nitrogen and oxygen atoms in total. The molecule has 2 aliphatic rings. The van der Waals surface area contributed by atoms with Crippen molar-refractivity contribution >= 4 is 0 Å². The van der Waals surface area contributed by atoms with E-state index in [-0.39, 0.29) is 17.3 Å². The summed E-state index contributed by atoms with van der Waals surface area (Å²) in [5, 5.41) is 0. The van der Waals surface area contributed by atoms with Gasteiger partial charge >= 0.3 is 0 Å². The predicted molar refractivity (Wildman–Crippen MR) is 91.0 cm³/mol. The normalized spacial score (nSPS) is 32.1. The summed E-state index contributed by atoms with van der Waals surface area (Å²) in [7, 11) is 0. The predicted octanol–water partition coefficient (Wildman–Crippen LogP) is 4.61. The third-order valence-corrected chi connectivity index (χ3v) is 5.06. The molecule has 2 heteroatoms. The van der Waals surface area contributed by atoms with Crippen LogP contribution >= 0.6 is 0 Å². The molecule has 23 heavy (non-hydrogen) atoms. The number of rotatable bonds is 4. The number of hydrogen-bond acceptors (Lipinski definition) is 2. The van der Waals surface area contributed by atoms with Gasteiger partial charge in [0.1, 0.15) is 11.2 Å². The first-order valence-electron chi connectivity index (χ1n) is 8.29. The van der Waals surface area contributed by atoms with Crippen LogP contribution in [-0.4, -0.2) is 11.7 Å². The molecule has 0 spiro atoms. The second-order valence-electron chi connectivity index (χ2n) is 6.74. The lowest BCUT2D eigenvalue weighted by molar-refractivity contribution is -0.110. The van der Waals surface area contributed by atoms with Crippen LogP contribution in [0, 0.1) is 0 Å². The smallest absolute Gasteiger partial charge is 0.111 e. The van der Waals surface area contributed by atoms with Gasteiger partial charge in [-0.05, 0) is 24.5 Å². The van der Waals surface area contributed by atoms with Gasteiger partial charge < -0.3 is 9.47 Å². The number of benzene rings is 2. The van der Waals surface area contributed by atoms with Crippen molar-refractivity contribution in [1.82, 2.24) is 0 Å². The summed E-state index contributed by atoms with van der Waals surface area (Å²) in [5.74, 6) is 0. The van der Waals surface area contributed by atoms with Gasteiger partial charge in [-0.3, -0.25) is 0 Å². The molecule has 1 saturated heterocycles. The molecule has 4 rings (SSSR count). The lowest BCUT2D eigenvalue weighted by atomic mass is 9.87. The molecule has 2 aliphatic heterocycles. The van der Waals surface area contributed by atoms with Crippen LogP contribution in [-0.2, 0) is 21.7 Å². The summed E-state index contributed by atoms with van der Waals surface area (Å²) in [6.07, 6.45) is 6.31. The van der Waals surface area contributed by atoms with Crippen molar-refractivity contribution < 1.29 is 9.47 Å². The second-order valence-corrected chi connectivity index (χ2v) is 6.74. The van der Waals surface area contributed by atoms with Crippen molar-refractivity contribution in [3.05, 3.63) is 83.9 Å². The van der Waals surface area contributed by atoms with Gasteiger partial charge in [0.05, 0.1) is 12.7 Å². The minimum atomic E-state index is -0.344. The van der Waals surface area contributed by atoms with Crippen molar-refractivity contribution in [2.45, 2.75) is 43.7 Å². The fraction of sp³-hybridized carbons (Fsp3) is 0.333. The van der Waals surface area contributed by atoms with E-state index in [1.165, 1.54) is 11.1 Å². The Kier molecular flexibility index (Phi) is 3.59. The van der Waals surface area contributed by atoms with E-state index in [9.17, 15) is 0 Å². The van der Waals surface area contributed by atoms with Gasteiger partial charge in [-0.2, -0.15) is 0 Å². The van der Waals surface area contributed by atoms with Gasteiger partial charge in [0, 0.05) is 6.42 Å². The average Bonchev–Trinajstić information content (AvgIpc) is 2.80. The van der Waals surface area contributed by atoms with E-state index in [4.69, 9.17) is 9.47 Å². The maximum absolute atomic E-state index is 6.55. The Labute approximate surface area is 137 Å². The Hall–Kier alpha value is -1.90. The minimum absolute atomic E-state index is 0.0710. The molecule has 0 radical (unpaired) electrons. The number of ether oxygens (including phenoxy) is 2. The van der Waals surface area contributed by atoms with E-state index in [1.807, 2.05) is 6.07 Å². The van der Waals surface area contributed by atoms with Gasteiger partial charge in [0.15, 0.2) is 0 Å². The van der Waals surface area contributed by atoms with Crippen LogP contribution in [0.25, 0.3) is 0 Å². The van der Waals surface area contributed by atoms with Crippen LogP contribution in [0.2, 0.25) is 0 Å². The summed E-state index contributed by atoms with van der Waals surface area (Å²) < 4.78 is 12.8. The summed E-state index contributed by atoms with van der Waals surface area (Å²) in [4.78, 5) is 0. The molecule has 3 atom stereocenters. The Morgan fingerprint density at radius 2 is 1.74 bits per heavy atom. The van der Waals surface area contributed by atoms with Crippen LogP contribution in [0.15, 0.2) is 72.8 Å². The van der Waals surface area contributed by atoms with Gasteiger partial charge in [-0.15, -0.1) is 0 Å². The number of fused-ring (bicyclic) bond motifs is 2. The highest BCUT2D eigenvalue weighted by Gasteiger charge is 2.55. The van der Waals surface area contributed by atoms with Crippen LogP contribution in [0.5, 0.6) is 0 Å². The first kappa shape index (κ1) is 14.7. The van der Waals surface area contributed by atoms with Crippen molar-refractivity contribution in [3.63, 3.8) is 0 Å². The van der Waals surface area contributed by atoms with Crippen molar-refractivity contribution in [1.29, 1.82) is 0 Å². The van der Waals surface area contributed by atoms with Crippen molar-refractivity contribution in [3.8, 4) is 0 Å². The maximum Gasteiger partial charge on any atom is 0.111 e. The van der Waals surface area contributed by atoms with Crippen molar-refractivity contribution in [2.75, 3.05) is 0 Å². The second kappa shape index (κ2) is 5.63. The molecule has 0 aliphatic carbocycles. The minimum Gasteiger partial charge on any atom is -0.370 e. The van der Waals surface area contributed by atoms with E-state index < -0.39 is 0 Å². The summed E-state index contributed by atoms with van der Waals surface area (Å²) in [6.45, 7) is 2.77. The fourth-order valence-electron chi connectivity index (χ4n) is 3.81. The highest BCUT2D eigenvalue weighted by Crippen LogP contribution is 2.51. The van der Waals surface area contributed by atoms with Crippen LogP contribution in [0.1, 0.15) is 30.9 Å². The lowest BCUT2D eigenvalue weighted by Gasteiger charge is -2.35. The zero-order chi connectivity index (χ0) is 15.8. The monoisotopic (exact) mass is 306 g/mol.